The summed E-state index contributed by atoms with van der Waals surface area (Å²) in [5.74, 6) is 1.36. The van der Waals surface area contributed by atoms with E-state index < -0.39 is 0 Å². The third-order valence-corrected chi connectivity index (χ3v) is 3.51. The fraction of sp³-hybridized carbons (Fsp3) is 0.0667. The number of aromatic nitrogens is 3. The molecule has 4 rings (SSSR count). The standard InChI is InChI=1S/C15H10ClN3O2/c1-20-11-4-2-3-9-7-12(21-15(9)11)10-8-17-14-6-5-13(16)18-19(10)14/h2-8H,1H3. The van der Waals surface area contributed by atoms with Gasteiger partial charge in [-0.15, -0.1) is 0 Å². The first kappa shape index (κ1) is 12.2. The van der Waals surface area contributed by atoms with E-state index in [1.807, 2.05) is 30.3 Å². The molecule has 0 N–H and O–H groups in total. The Morgan fingerprint density at radius 2 is 2.14 bits per heavy atom. The summed E-state index contributed by atoms with van der Waals surface area (Å²) in [6, 6.07) is 11.2. The van der Waals surface area contributed by atoms with Gasteiger partial charge in [-0.3, -0.25) is 0 Å². The predicted molar refractivity (Wildman–Crippen MR) is 79.8 cm³/mol. The molecule has 0 bridgehead atoms. The number of ether oxygens (including phenoxy) is 1. The van der Waals surface area contributed by atoms with Crippen LogP contribution < -0.4 is 4.74 Å². The molecule has 4 aromatic rings. The molecule has 0 atom stereocenters. The molecule has 1 aromatic carbocycles. The number of hydrogen-bond donors (Lipinski definition) is 0. The van der Waals surface area contributed by atoms with Crippen LogP contribution in [0.1, 0.15) is 0 Å². The minimum atomic E-state index is 0.399. The van der Waals surface area contributed by atoms with Gasteiger partial charge in [-0.1, -0.05) is 23.7 Å². The number of hydrogen-bond acceptors (Lipinski definition) is 4. The molecule has 104 valence electrons. The quantitative estimate of drug-likeness (QED) is 0.565. The fourth-order valence-electron chi connectivity index (χ4n) is 2.34. The number of halogens is 1. The number of para-hydroxylation sites is 1. The van der Waals surface area contributed by atoms with E-state index in [0.717, 1.165) is 11.1 Å². The lowest BCUT2D eigenvalue weighted by atomic mass is 10.2. The average molecular weight is 300 g/mol. The molecule has 0 aliphatic rings. The van der Waals surface area contributed by atoms with Crippen molar-refractivity contribution in [3.8, 4) is 17.2 Å². The van der Waals surface area contributed by atoms with E-state index >= 15 is 0 Å². The highest BCUT2D eigenvalue weighted by Crippen LogP contribution is 2.33. The molecule has 0 saturated heterocycles. The van der Waals surface area contributed by atoms with Crippen molar-refractivity contribution in [1.82, 2.24) is 14.6 Å². The molecule has 5 nitrogen and oxygen atoms in total. The zero-order valence-corrected chi connectivity index (χ0v) is 11.8. The minimum Gasteiger partial charge on any atom is -0.493 e. The molecule has 3 aromatic heterocycles. The monoisotopic (exact) mass is 299 g/mol. The van der Waals surface area contributed by atoms with Gasteiger partial charge in [0.25, 0.3) is 0 Å². The number of methoxy groups -OCH3 is 1. The summed E-state index contributed by atoms with van der Waals surface area (Å²) in [6.07, 6.45) is 1.71. The van der Waals surface area contributed by atoms with Crippen molar-refractivity contribution in [3.63, 3.8) is 0 Å². The van der Waals surface area contributed by atoms with Crippen LogP contribution in [0.15, 0.2) is 47.0 Å². The van der Waals surface area contributed by atoms with Crippen LogP contribution >= 0.6 is 11.6 Å². The Morgan fingerprint density at radius 1 is 1.24 bits per heavy atom. The van der Waals surface area contributed by atoms with Crippen molar-refractivity contribution >= 4 is 28.2 Å². The van der Waals surface area contributed by atoms with E-state index in [4.69, 9.17) is 20.8 Å². The molecule has 0 amide bonds. The molecule has 0 fully saturated rings. The fourth-order valence-corrected chi connectivity index (χ4v) is 2.48. The Morgan fingerprint density at radius 3 is 3.00 bits per heavy atom. The van der Waals surface area contributed by atoms with E-state index in [-0.39, 0.29) is 0 Å². The topological polar surface area (TPSA) is 52.6 Å². The van der Waals surface area contributed by atoms with Gasteiger partial charge in [-0.05, 0) is 24.3 Å². The molecule has 0 saturated carbocycles. The van der Waals surface area contributed by atoms with Gasteiger partial charge >= 0.3 is 0 Å². The summed E-state index contributed by atoms with van der Waals surface area (Å²) in [5.41, 5.74) is 2.15. The Balaban J connectivity index is 1.98. The third kappa shape index (κ3) is 1.86. The van der Waals surface area contributed by atoms with Gasteiger partial charge in [-0.2, -0.15) is 5.10 Å². The second-order valence-corrected chi connectivity index (χ2v) is 4.95. The van der Waals surface area contributed by atoms with Gasteiger partial charge in [-0.25, -0.2) is 9.50 Å². The largest absolute Gasteiger partial charge is 0.493 e. The lowest BCUT2D eigenvalue weighted by Gasteiger charge is -1.99. The Hall–Kier alpha value is -2.53. The molecule has 0 spiro atoms. The Labute approximate surface area is 124 Å². The molecule has 6 heteroatoms. The summed E-state index contributed by atoms with van der Waals surface area (Å²) in [7, 11) is 1.62. The summed E-state index contributed by atoms with van der Waals surface area (Å²) >= 11 is 5.95. The van der Waals surface area contributed by atoms with Gasteiger partial charge in [0.15, 0.2) is 22.7 Å². The van der Waals surface area contributed by atoms with Crippen LogP contribution in [0.3, 0.4) is 0 Å². The third-order valence-electron chi connectivity index (χ3n) is 3.31. The maximum absolute atomic E-state index is 5.95. The highest BCUT2D eigenvalue weighted by atomic mass is 35.5. The SMILES string of the molecule is COc1cccc2cc(-c3cnc4ccc(Cl)nn34)oc12. The zero-order valence-electron chi connectivity index (χ0n) is 11.1. The molecular weight excluding hydrogens is 290 g/mol. The van der Waals surface area contributed by atoms with Crippen molar-refractivity contribution in [1.29, 1.82) is 0 Å². The Kier molecular flexibility index (Phi) is 2.62. The van der Waals surface area contributed by atoms with Crippen molar-refractivity contribution in [2.75, 3.05) is 7.11 Å². The molecule has 21 heavy (non-hydrogen) atoms. The van der Waals surface area contributed by atoms with Gasteiger partial charge in [0.05, 0.1) is 13.3 Å². The summed E-state index contributed by atoms with van der Waals surface area (Å²) in [5, 5.41) is 5.61. The van der Waals surface area contributed by atoms with Crippen LogP contribution in [-0.2, 0) is 0 Å². The van der Waals surface area contributed by atoms with E-state index in [1.54, 1.807) is 23.9 Å². The van der Waals surface area contributed by atoms with Crippen molar-refractivity contribution in [2.45, 2.75) is 0 Å². The first-order chi connectivity index (χ1) is 10.3. The summed E-state index contributed by atoms with van der Waals surface area (Å²) in [6.45, 7) is 0. The van der Waals surface area contributed by atoms with E-state index in [2.05, 4.69) is 10.1 Å². The van der Waals surface area contributed by atoms with Crippen molar-refractivity contribution in [2.24, 2.45) is 0 Å². The number of benzene rings is 1. The van der Waals surface area contributed by atoms with Crippen LogP contribution in [0.4, 0.5) is 0 Å². The second-order valence-electron chi connectivity index (χ2n) is 4.56. The van der Waals surface area contributed by atoms with Gasteiger partial charge in [0.1, 0.15) is 10.8 Å². The highest BCUT2D eigenvalue weighted by Gasteiger charge is 2.14. The molecule has 0 aliphatic carbocycles. The molecule has 0 aliphatic heterocycles. The number of fused-ring (bicyclic) bond motifs is 2. The average Bonchev–Trinajstić information content (AvgIpc) is 3.09. The second kappa shape index (κ2) is 4.49. The van der Waals surface area contributed by atoms with Gasteiger partial charge in [0, 0.05) is 5.39 Å². The number of rotatable bonds is 2. The maximum atomic E-state index is 5.95. The molecule has 3 heterocycles. The van der Waals surface area contributed by atoms with Crippen LogP contribution in [-0.4, -0.2) is 21.7 Å². The molecule has 0 unspecified atom stereocenters. The lowest BCUT2D eigenvalue weighted by Crippen LogP contribution is -1.93. The van der Waals surface area contributed by atoms with Gasteiger partial charge < -0.3 is 9.15 Å². The summed E-state index contributed by atoms with van der Waals surface area (Å²) < 4.78 is 12.9. The minimum absolute atomic E-state index is 0.399. The Bertz CT molecular complexity index is 958. The molecular formula is C15H10ClN3O2. The number of furan rings is 1. The first-order valence-corrected chi connectivity index (χ1v) is 6.71. The van der Waals surface area contributed by atoms with Crippen LogP contribution in [0.5, 0.6) is 5.75 Å². The lowest BCUT2D eigenvalue weighted by molar-refractivity contribution is 0.411. The van der Waals surface area contributed by atoms with Crippen LogP contribution in [0.2, 0.25) is 5.15 Å². The zero-order chi connectivity index (χ0) is 14.4. The van der Waals surface area contributed by atoms with Crippen molar-refractivity contribution in [3.05, 3.63) is 47.7 Å². The smallest absolute Gasteiger partial charge is 0.176 e. The number of imidazole rings is 1. The van der Waals surface area contributed by atoms with Gasteiger partial charge in [0.2, 0.25) is 0 Å². The van der Waals surface area contributed by atoms with Crippen LogP contribution in [0, 0.1) is 0 Å². The maximum Gasteiger partial charge on any atom is 0.176 e. The van der Waals surface area contributed by atoms with Crippen LogP contribution in [0.25, 0.3) is 28.1 Å². The normalized spacial score (nSPS) is 11.3. The molecule has 0 radical (unpaired) electrons. The highest BCUT2D eigenvalue weighted by molar-refractivity contribution is 6.29. The number of nitrogens with zero attached hydrogens (tertiary/aromatic N) is 3. The van der Waals surface area contributed by atoms with E-state index in [9.17, 15) is 0 Å². The summed E-state index contributed by atoms with van der Waals surface area (Å²) in [4.78, 5) is 4.30. The van der Waals surface area contributed by atoms with E-state index in [1.165, 1.54) is 0 Å². The van der Waals surface area contributed by atoms with E-state index in [0.29, 0.717) is 27.9 Å². The first-order valence-electron chi connectivity index (χ1n) is 6.33. The predicted octanol–water partition coefficient (Wildman–Crippen LogP) is 3.80. The van der Waals surface area contributed by atoms with Crippen molar-refractivity contribution < 1.29 is 9.15 Å².